The summed E-state index contributed by atoms with van der Waals surface area (Å²) in [4.78, 5) is 8.33. The number of carbonyl (C=O) groups is 1. The maximum absolute atomic E-state index is 8.33. The van der Waals surface area contributed by atoms with Gasteiger partial charge < -0.3 is 20.5 Å². The van der Waals surface area contributed by atoms with Crippen LogP contribution in [-0.4, -0.2) is 11.6 Å². The third kappa shape index (κ3) is 46.4. The minimum absolute atomic E-state index is 0. The van der Waals surface area contributed by atoms with Crippen LogP contribution in [0.5, 0.6) is 0 Å². The minimum Gasteiger partial charge on any atom is -0.870 e. The van der Waals surface area contributed by atoms with E-state index in [0.29, 0.717) is 0 Å². The summed E-state index contributed by atoms with van der Waals surface area (Å²) in [6, 6.07) is 0. The summed E-state index contributed by atoms with van der Waals surface area (Å²) in [6.07, 6.45) is -2.33. The van der Waals surface area contributed by atoms with E-state index in [4.69, 9.17) is 15.0 Å². The van der Waals surface area contributed by atoms with Crippen LogP contribution in [0.3, 0.4) is 0 Å². The molecule has 0 spiro atoms. The predicted octanol–water partition coefficient (Wildman–Crippen LogP) is -11.6. The van der Waals surface area contributed by atoms with Crippen molar-refractivity contribution < 1.29 is 192 Å². The summed E-state index contributed by atoms with van der Waals surface area (Å²) in [7, 11) is 0. The molecule has 0 fully saturated rings. The molecule has 0 amide bonds. The molecule has 32 valence electrons. The first kappa shape index (κ1) is 29.4. The number of hydrogen-bond donors (Lipinski definition) is 0. The van der Waals surface area contributed by atoms with Crippen molar-refractivity contribution in [1.29, 1.82) is 0 Å². The second-order valence-electron chi connectivity index (χ2n) is 0.250. The van der Waals surface area contributed by atoms with Gasteiger partial charge in [0.2, 0.25) is 0 Å². The van der Waals surface area contributed by atoms with E-state index in [0.717, 1.165) is 0 Å². The zero-order chi connectivity index (χ0) is 3.58. The molecule has 0 radical (unpaired) electrons. The van der Waals surface area contributed by atoms with Gasteiger partial charge in [-0.1, -0.05) is 0 Å². The Morgan fingerprint density at radius 3 is 1.12 bits per heavy atom. The Hall–Kier alpha value is 4.55. The molecule has 0 aliphatic carbocycles. The Morgan fingerprint density at radius 2 is 1.12 bits per heavy atom. The molecule has 1 N–H and O–H groups in total. The number of carbonyl (C=O) groups excluding carboxylic acids is 1. The molecular weight excluding hydrogens is 287 g/mol. The molecule has 4 nitrogen and oxygen atoms in total. The van der Waals surface area contributed by atoms with E-state index < -0.39 is 6.16 Å². The molecule has 0 unspecified atom stereocenters. The van der Waals surface area contributed by atoms with Gasteiger partial charge in [0, 0.05) is 0 Å². The van der Waals surface area contributed by atoms with Crippen molar-refractivity contribution in [1.82, 2.24) is 0 Å². The molecule has 0 heterocycles. The summed E-state index contributed by atoms with van der Waals surface area (Å²) < 4.78 is 0. The molecule has 0 saturated carbocycles. The molecule has 0 bridgehead atoms. The topological polar surface area (TPSA) is 93.2 Å². The fraction of sp³-hybridized carbons (Fsp3) is 0. The van der Waals surface area contributed by atoms with E-state index in [2.05, 4.69) is 0 Å². The first-order chi connectivity index (χ1) is 1.73. The van der Waals surface area contributed by atoms with Gasteiger partial charge >= 0.3 is 172 Å². The largest absolute Gasteiger partial charge is 1.00 e. The Bertz CT molecular complexity index is 37.0. The van der Waals surface area contributed by atoms with Crippen molar-refractivity contribution in [3.63, 3.8) is 0 Å². The summed E-state index contributed by atoms with van der Waals surface area (Å²) in [5.74, 6) is 0. The van der Waals surface area contributed by atoms with E-state index in [9.17, 15) is 0 Å². The zero-order valence-corrected chi connectivity index (χ0v) is 17.7. The maximum atomic E-state index is 8.33. The monoisotopic (exact) mass is 288 g/mol. The molecule has 8 heavy (non-hydrogen) atoms. The van der Waals surface area contributed by atoms with E-state index in [1.165, 1.54) is 0 Å². The summed E-state index contributed by atoms with van der Waals surface area (Å²) in [5, 5.41) is 16.7. The van der Waals surface area contributed by atoms with Crippen molar-refractivity contribution in [2.24, 2.45) is 0 Å². The van der Waals surface area contributed by atoms with Gasteiger partial charge in [-0.2, -0.15) is 0 Å². The number of hydrogen-bond acceptors (Lipinski definition) is 4. The van der Waals surface area contributed by atoms with Crippen LogP contribution in [0.2, 0.25) is 0 Å². The first-order valence-corrected chi connectivity index (χ1v) is 0.612. The van der Waals surface area contributed by atoms with Crippen molar-refractivity contribution in [3.8, 4) is 0 Å². The van der Waals surface area contributed by atoms with Crippen LogP contribution in [-0.2, 0) is 0 Å². The minimum atomic E-state index is -2.33. The molecule has 0 saturated heterocycles. The molecular formula is CHCsK2O4. The molecule has 0 aliphatic heterocycles. The summed E-state index contributed by atoms with van der Waals surface area (Å²) in [5.41, 5.74) is 0. The van der Waals surface area contributed by atoms with Crippen molar-refractivity contribution in [2.45, 2.75) is 0 Å². The van der Waals surface area contributed by atoms with E-state index in [1.54, 1.807) is 0 Å². The van der Waals surface area contributed by atoms with Gasteiger partial charge in [-0.05, 0) is 6.16 Å². The van der Waals surface area contributed by atoms with Crippen LogP contribution >= 0.6 is 0 Å². The Labute approximate surface area is 191 Å². The SMILES string of the molecule is O=C([O-])[O-].[Cs+].[K+].[K+].[OH-]. The maximum Gasteiger partial charge on any atom is 1.00 e. The van der Waals surface area contributed by atoms with Gasteiger partial charge in [0.15, 0.2) is 0 Å². The third-order valence-electron chi connectivity index (χ3n) is 0. The Morgan fingerprint density at radius 1 is 1.12 bits per heavy atom. The van der Waals surface area contributed by atoms with Crippen LogP contribution in [0.25, 0.3) is 0 Å². The fourth-order valence-corrected chi connectivity index (χ4v) is 0. The predicted molar refractivity (Wildman–Crippen MR) is 7.33 cm³/mol. The molecule has 0 rings (SSSR count). The van der Waals surface area contributed by atoms with E-state index in [-0.39, 0.29) is 177 Å². The van der Waals surface area contributed by atoms with E-state index >= 15 is 0 Å². The van der Waals surface area contributed by atoms with Gasteiger partial charge in [0.05, 0.1) is 0 Å². The molecule has 7 heteroatoms. The molecule has 0 aromatic heterocycles. The van der Waals surface area contributed by atoms with Crippen molar-refractivity contribution >= 4 is 6.16 Å². The van der Waals surface area contributed by atoms with Crippen LogP contribution in [0.4, 0.5) is 4.79 Å². The Kier molecular flexibility index (Phi) is 82.8. The normalized spacial score (nSPS) is 3.00. The average Bonchev–Trinajstić information content (AvgIpc) is 0.811. The smallest absolute Gasteiger partial charge is 0.870 e. The van der Waals surface area contributed by atoms with Crippen LogP contribution in [0.15, 0.2) is 0 Å². The second-order valence-corrected chi connectivity index (χ2v) is 0.250. The van der Waals surface area contributed by atoms with Gasteiger partial charge in [-0.3, -0.25) is 0 Å². The van der Waals surface area contributed by atoms with Crippen molar-refractivity contribution in [2.75, 3.05) is 0 Å². The second kappa shape index (κ2) is 22.6. The molecule has 0 aliphatic rings. The van der Waals surface area contributed by atoms with Crippen LogP contribution in [0.1, 0.15) is 0 Å². The Balaban J connectivity index is -0.00000000750. The molecule has 0 aromatic carbocycles. The standard InChI is InChI=1S/CH2O3.Cs.2K.H2O/c2-1(3)4;;;;/h(H2,2,3,4);;;;1H2/q;3*+1;/p-3. The van der Waals surface area contributed by atoms with Gasteiger partial charge in [-0.15, -0.1) is 0 Å². The van der Waals surface area contributed by atoms with Crippen LogP contribution in [0, 0.1) is 0 Å². The fourth-order valence-electron chi connectivity index (χ4n) is 0. The van der Waals surface area contributed by atoms with Crippen LogP contribution < -0.4 is 182 Å². The quantitative estimate of drug-likeness (QED) is 0.414. The van der Waals surface area contributed by atoms with Gasteiger partial charge in [0.1, 0.15) is 0 Å². The van der Waals surface area contributed by atoms with Crippen molar-refractivity contribution in [3.05, 3.63) is 0 Å². The summed E-state index contributed by atoms with van der Waals surface area (Å²) in [6.45, 7) is 0. The number of carboxylic acid groups (broad SMARTS) is 2. The summed E-state index contributed by atoms with van der Waals surface area (Å²) >= 11 is 0. The van der Waals surface area contributed by atoms with Gasteiger partial charge in [0.25, 0.3) is 0 Å². The third-order valence-corrected chi connectivity index (χ3v) is 0. The molecule has 0 atom stereocenters. The first-order valence-electron chi connectivity index (χ1n) is 0.612. The molecule has 0 aromatic rings. The number of rotatable bonds is 0. The zero-order valence-electron chi connectivity index (χ0n) is 5.17. The van der Waals surface area contributed by atoms with Gasteiger partial charge in [-0.25, -0.2) is 0 Å². The van der Waals surface area contributed by atoms with E-state index in [1.807, 2.05) is 0 Å². The average molecular weight is 288 g/mol.